The topological polar surface area (TPSA) is 13.1 Å². The van der Waals surface area contributed by atoms with E-state index in [0.29, 0.717) is 0 Å². The van der Waals surface area contributed by atoms with Crippen LogP contribution in [0.1, 0.15) is 22.3 Å². The number of anilines is 3. The molecule has 1 unspecified atom stereocenters. The van der Waals surface area contributed by atoms with Gasteiger partial charge in [-0.05, 0) is 117 Å². The van der Waals surface area contributed by atoms with Crippen LogP contribution in [0.4, 0.5) is 17.1 Å². The van der Waals surface area contributed by atoms with Crippen LogP contribution >= 0.6 is 11.8 Å². The molecule has 4 heteroatoms. The van der Waals surface area contributed by atoms with E-state index < -0.39 is 5.41 Å². The minimum Gasteiger partial charge on any atom is -0.310 e. The van der Waals surface area contributed by atoms with Gasteiger partial charge >= 0.3 is 0 Å². The number of fused-ring (bicyclic) bond motifs is 14. The molecule has 1 atom stereocenters. The van der Waals surface area contributed by atoms with E-state index in [0.717, 1.165) is 28.3 Å². The fourth-order valence-electron chi connectivity index (χ4n) is 12.1. The van der Waals surface area contributed by atoms with E-state index in [4.69, 9.17) is 0 Å². The average molecular weight is 922 g/mol. The van der Waals surface area contributed by atoms with Gasteiger partial charge in [0.2, 0.25) is 0 Å². The highest BCUT2D eigenvalue weighted by Crippen LogP contribution is 2.61. The summed E-state index contributed by atoms with van der Waals surface area (Å²) in [4.78, 5) is 4.98. The molecule has 2 aromatic heterocycles. The molecule has 332 valence electrons. The minimum absolute atomic E-state index is 0.561. The van der Waals surface area contributed by atoms with Crippen molar-refractivity contribution in [2.24, 2.45) is 0 Å². The summed E-state index contributed by atoms with van der Waals surface area (Å²) in [6, 6.07) is 96.6. The Morgan fingerprint density at radius 1 is 0.310 bits per heavy atom. The second-order valence-electron chi connectivity index (χ2n) is 18.8. The van der Waals surface area contributed by atoms with Gasteiger partial charge in [-0.1, -0.05) is 200 Å². The summed E-state index contributed by atoms with van der Waals surface area (Å²) < 4.78 is 4.95. The number of nitrogens with zero attached hydrogens (tertiary/aromatic N) is 3. The van der Waals surface area contributed by atoms with E-state index in [9.17, 15) is 0 Å². The monoisotopic (exact) mass is 921 g/mol. The van der Waals surface area contributed by atoms with Gasteiger partial charge < -0.3 is 14.0 Å². The maximum Gasteiger partial charge on any atom is 0.0764 e. The molecule has 4 heterocycles. The molecule has 2 aliphatic heterocycles. The molecule has 0 aliphatic carbocycles. The van der Waals surface area contributed by atoms with Gasteiger partial charge in [-0.15, -0.1) is 0 Å². The van der Waals surface area contributed by atoms with Crippen LogP contribution < -0.4 is 4.90 Å². The van der Waals surface area contributed by atoms with E-state index in [1.54, 1.807) is 0 Å². The lowest BCUT2D eigenvalue weighted by atomic mass is 9.63. The largest absolute Gasteiger partial charge is 0.310 e. The highest BCUT2D eigenvalue weighted by Gasteiger charge is 2.49. The van der Waals surface area contributed by atoms with Crippen LogP contribution in [0.2, 0.25) is 0 Å². The zero-order chi connectivity index (χ0) is 46.6. The zero-order valence-corrected chi connectivity index (χ0v) is 39.4. The molecule has 0 N–H and O–H groups in total. The van der Waals surface area contributed by atoms with E-state index in [1.807, 2.05) is 11.8 Å². The molecular weight excluding hydrogens is 879 g/mol. The summed E-state index contributed by atoms with van der Waals surface area (Å²) in [6.07, 6.45) is 0. The highest BCUT2D eigenvalue weighted by molar-refractivity contribution is 7.99. The second-order valence-corrected chi connectivity index (χ2v) is 19.9. The van der Waals surface area contributed by atoms with Crippen molar-refractivity contribution in [2.45, 2.75) is 15.2 Å². The lowest BCUT2D eigenvalue weighted by Crippen LogP contribution is -2.37. The molecule has 11 aromatic carbocycles. The lowest BCUT2D eigenvalue weighted by Gasteiger charge is -2.45. The molecule has 0 amide bonds. The van der Waals surface area contributed by atoms with Crippen molar-refractivity contribution in [2.75, 3.05) is 4.90 Å². The summed E-state index contributed by atoms with van der Waals surface area (Å²) >= 11 is 1.89. The standard InChI is InChI=1S/C67H43N3S/c1-3-16-44(17-4-1)46-30-34-48(35-31-46)68(50-38-40-54-52-20-7-11-26-60(52)69(63(54)42-50)49-36-32-47(33-37-49)45-18-5-2-6-19-45)51-39-41-58-65(43-51)71-64-29-14-10-24-57(64)67(58)56-23-9-13-28-62(56)70-61-27-12-8-21-53(61)55-22-15-25-59(67)66(55)70/h1-43H. The molecule has 2 aliphatic rings. The smallest absolute Gasteiger partial charge is 0.0764 e. The van der Waals surface area contributed by atoms with Crippen LogP contribution in [-0.4, -0.2) is 9.13 Å². The molecular formula is C67H43N3S. The third-order valence-electron chi connectivity index (χ3n) is 15.2. The van der Waals surface area contributed by atoms with Crippen LogP contribution in [0, 0.1) is 0 Å². The Bertz CT molecular complexity index is 4240. The first-order valence-electron chi connectivity index (χ1n) is 24.4. The summed E-state index contributed by atoms with van der Waals surface area (Å²) in [5.74, 6) is 0. The molecule has 0 fully saturated rings. The van der Waals surface area contributed by atoms with Gasteiger partial charge in [0.25, 0.3) is 0 Å². The molecule has 0 radical (unpaired) electrons. The maximum absolute atomic E-state index is 2.52. The van der Waals surface area contributed by atoms with Crippen molar-refractivity contribution in [3.05, 3.63) is 283 Å². The van der Waals surface area contributed by atoms with Crippen LogP contribution in [-0.2, 0) is 5.41 Å². The number of rotatable bonds is 6. The van der Waals surface area contributed by atoms with Crippen molar-refractivity contribution in [1.82, 2.24) is 9.13 Å². The normalized spacial score (nSPS) is 14.5. The van der Waals surface area contributed by atoms with Gasteiger partial charge in [-0.2, -0.15) is 0 Å². The summed E-state index contributed by atoms with van der Waals surface area (Å²) in [6.45, 7) is 0. The van der Waals surface area contributed by atoms with Crippen LogP contribution in [0.25, 0.3) is 77.2 Å². The first-order chi connectivity index (χ1) is 35.2. The van der Waals surface area contributed by atoms with E-state index in [2.05, 4.69) is 275 Å². The second kappa shape index (κ2) is 15.6. The number of para-hydroxylation sites is 4. The molecule has 3 nitrogen and oxygen atoms in total. The van der Waals surface area contributed by atoms with E-state index in [1.165, 1.54) is 98.1 Å². The van der Waals surface area contributed by atoms with Crippen LogP contribution in [0.15, 0.2) is 271 Å². The summed E-state index contributed by atoms with van der Waals surface area (Å²) in [5.41, 5.74) is 20.0. The minimum atomic E-state index is -0.561. The molecule has 0 saturated heterocycles. The molecule has 0 saturated carbocycles. The number of hydrogen-bond acceptors (Lipinski definition) is 2. The SMILES string of the molecule is c1ccc(-c2ccc(N(c3ccc4c(c3)Sc3ccccc3C43c4ccccc4-n4c5ccccc5c5cccc3c54)c3ccc4c5ccccc5n(-c5ccc(-c6ccccc6)cc5)c4c3)cc2)cc1. The van der Waals surface area contributed by atoms with Gasteiger partial charge in [0, 0.05) is 54.1 Å². The highest BCUT2D eigenvalue weighted by atomic mass is 32.2. The van der Waals surface area contributed by atoms with Crippen LogP contribution in [0.5, 0.6) is 0 Å². The van der Waals surface area contributed by atoms with Crippen molar-refractivity contribution in [3.63, 3.8) is 0 Å². The average Bonchev–Trinajstić information content (AvgIpc) is 3.97. The van der Waals surface area contributed by atoms with Gasteiger partial charge in [0.05, 0.1) is 33.2 Å². The molecule has 13 aromatic rings. The van der Waals surface area contributed by atoms with Gasteiger partial charge in [0.1, 0.15) is 0 Å². The van der Waals surface area contributed by atoms with Crippen molar-refractivity contribution in [3.8, 4) is 33.6 Å². The lowest BCUT2D eigenvalue weighted by molar-refractivity contribution is 0.689. The Morgan fingerprint density at radius 2 is 0.817 bits per heavy atom. The molecule has 1 spiro atoms. The quantitative estimate of drug-likeness (QED) is 0.165. The predicted octanol–water partition coefficient (Wildman–Crippen LogP) is 17.8. The Hall–Kier alpha value is -8.83. The fourth-order valence-corrected chi connectivity index (χ4v) is 13.4. The van der Waals surface area contributed by atoms with E-state index in [-0.39, 0.29) is 0 Å². The van der Waals surface area contributed by atoms with Crippen molar-refractivity contribution in [1.29, 1.82) is 0 Å². The number of benzene rings is 11. The molecule has 15 rings (SSSR count). The molecule has 0 bridgehead atoms. The maximum atomic E-state index is 2.52. The van der Waals surface area contributed by atoms with E-state index >= 15 is 0 Å². The summed E-state index contributed by atoms with van der Waals surface area (Å²) in [5, 5.41) is 5.01. The Morgan fingerprint density at radius 3 is 1.56 bits per heavy atom. The first-order valence-corrected chi connectivity index (χ1v) is 25.2. The fraction of sp³-hybridized carbons (Fsp3) is 0.0149. The predicted molar refractivity (Wildman–Crippen MR) is 297 cm³/mol. The number of aromatic nitrogens is 2. The third kappa shape index (κ3) is 5.86. The van der Waals surface area contributed by atoms with Gasteiger partial charge in [0.15, 0.2) is 0 Å². The summed E-state index contributed by atoms with van der Waals surface area (Å²) in [7, 11) is 0. The Labute approximate surface area is 416 Å². The number of hydrogen-bond donors (Lipinski definition) is 0. The first kappa shape index (κ1) is 40.1. The zero-order valence-electron chi connectivity index (χ0n) is 38.6. The van der Waals surface area contributed by atoms with Gasteiger partial charge in [-0.25, -0.2) is 0 Å². The van der Waals surface area contributed by atoms with Crippen molar-refractivity contribution < 1.29 is 0 Å². The van der Waals surface area contributed by atoms with Gasteiger partial charge in [-0.3, -0.25) is 0 Å². The Balaban J connectivity index is 0.957. The van der Waals surface area contributed by atoms with Crippen molar-refractivity contribution >= 4 is 72.4 Å². The Kier molecular flexibility index (Phi) is 8.81. The molecule has 71 heavy (non-hydrogen) atoms. The third-order valence-corrected chi connectivity index (χ3v) is 16.3. The van der Waals surface area contributed by atoms with Crippen LogP contribution in [0.3, 0.4) is 0 Å².